The minimum absolute atomic E-state index is 1.15. The molecular weight excluding hydrogens is 230 g/mol. The van der Waals surface area contributed by atoms with Crippen LogP contribution in [0.4, 0.5) is 0 Å². The molecule has 0 saturated carbocycles. The summed E-state index contributed by atoms with van der Waals surface area (Å²) in [5.74, 6) is 0. The average Bonchev–Trinajstić information content (AvgIpc) is 2.90. The van der Waals surface area contributed by atoms with Gasteiger partial charge in [0.15, 0.2) is 0 Å². The van der Waals surface area contributed by atoms with Gasteiger partial charge in [0.2, 0.25) is 0 Å². The van der Waals surface area contributed by atoms with Gasteiger partial charge in [0, 0.05) is 18.4 Å². The minimum Gasteiger partial charge on any atom is -0.322 e. The van der Waals surface area contributed by atoms with Crippen molar-refractivity contribution < 1.29 is 4.48 Å². The Morgan fingerprint density at radius 1 is 0.842 bits per heavy atom. The molecule has 1 aromatic carbocycles. The molecule has 1 saturated heterocycles. The van der Waals surface area contributed by atoms with Crippen molar-refractivity contribution in [1.29, 1.82) is 0 Å². The largest absolute Gasteiger partial charge is 0.322 e. The molecular formula is C18H34N+. The maximum Gasteiger partial charge on any atom is 0.104 e. The number of nitrogens with zero attached hydrogens (tertiary/aromatic N) is 1. The maximum absolute atomic E-state index is 2.39. The fraction of sp³-hybridized carbons (Fsp3) is 0.667. The third-order valence-corrected chi connectivity index (χ3v) is 3.64. The third kappa shape index (κ3) is 6.24. The second kappa shape index (κ2) is 10.0. The summed E-state index contributed by atoms with van der Waals surface area (Å²) in [6.07, 6.45) is 3.96. The zero-order valence-electron chi connectivity index (χ0n) is 14.0. The van der Waals surface area contributed by atoms with E-state index in [9.17, 15) is 0 Å². The summed E-state index contributed by atoms with van der Waals surface area (Å²) < 4.78 is 1.24. The van der Waals surface area contributed by atoms with Gasteiger partial charge in [0.05, 0.1) is 20.1 Å². The molecule has 0 atom stereocenters. The van der Waals surface area contributed by atoms with Gasteiger partial charge in [-0.15, -0.1) is 0 Å². The first kappa shape index (κ1) is 18.2. The monoisotopic (exact) mass is 264 g/mol. The van der Waals surface area contributed by atoms with E-state index in [0.717, 1.165) is 6.42 Å². The van der Waals surface area contributed by atoms with Crippen molar-refractivity contribution in [3.63, 3.8) is 0 Å². The van der Waals surface area contributed by atoms with Crippen molar-refractivity contribution in [2.75, 3.05) is 20.1 Å². The Morgan fingerprint density at radius 2 is 1.26 bits per heavy atom. The molecule has 1 aliphatic rings. The van der Waals surface area contributed by atoms with E-state index in [2.05, 4.69) is 38.2 Å². The third-order valence-electron chi connectivity index (χ3n) is 3.64. The number of rotatable bonds is 3. The van der Waals surface area contributed by atoms with Crippen LogP contribution in [-0.2, 0) is 13.0 Å². The molecule has 0 N–H and O–H groups in total. The molecule has 0 radical (unpaired) electrons. The van der Waals surface area contributed by atoms with Gasteiger partial charge in [0.25, 0.3) is 0 Å². The van der Waals surface area contributed by atoms with Crippen molar-refractivity contribution in [3.05, 3.63) is 35.4 Å². The highest BCUT2D eigenvalue weighted by Crippen LogP contribution is 2.20. The van der Waals surface area contributed by atoms with Crippen LogP contribution in [0.2, 0.25) is 0 Å². The number of hydrogen-bond donors (Lipinski definition) is 0. The predicted molar refractivity (Wildman–Crippen MR) is 87.4 cm³/mol. The van der Waals surface area contributed by atoms with Crippen molar-refractivity contribution in [1.82, 2.24) is 0 Å². The second-order valence-electron chi connectivity index (χ2n) is 5.10. The highest BCUT2D eigenvalue weighted by molar-refractivity contribution is 5.21. The van der Waals surface area contributed by atoms with Crippen LogP contribution in [0.25, 0.3) is 0 Å². The second-order valence-corrected chi connectivity index (χ2v) is 5.10. The van der Waals surface area contributed by atoms with E-state index < -0.39 is 0 Å². The standard InChI is InChI=1S/C14H22N.2C2H6/c1-3-13-6-8-14(9-7-13)12-15(2)10-4-5-11-15;2*1-2/h6-9H,3-5,10-12H2,1-2H3;2*1-2H3/q+1;;. The van der Waals surface area contributed by atoms with Crippen LogP contribution in [0.15, 0.2) is 24.3 Å². The van der Waals surface area contributed by atoms with Gasteiger partial charge in [0.1, 0.15) is 6.54 Å². The number of aryl methyl sites for hydroxylation is 1. The van der Waals surface area contributed by atoms with Crippen LogP contribution in [0.3, 0.4) is 0 Å². The lowest BCUT2D eigenvalue weighted by Crippen LogP contribution is -2.39. The molecule has 1 heterocycles. The molecule has 1 aliphatic heterocycles. The molecule has 110 valence electrons. The Morgan fingerprint density at radius 3 is 1.68 bits per heavy atom. The topological polar surface area (TPSA) is 0 Å². The molecule has 2 rings (SSSR count). The first-order valence-electron chi connectivity index (χ1n) is 8.13. The fourth-order valence-corrected chi connectivity index (χ4v) is 2.58. The quantitative estimate of drug-likeness (QED) is 0.671. The molecule has 0 amide bonds. The van der Waals surface area contributed by atoms with Crippen molar-refractivity contribution in [2.45, 2.75) is 60.4 Å². The molecule has 1 aromatic rings. The molecule has 0 aliphatic carbocycles. The van der Waals surface area contributed by atoms with Crippen molar-refractivity contribution in [2.24, 2.45) is 0 Å². The minimum atomic E-state index is 1.15. The van der Waals surface area contributed by atoms with Crippen LogP contribution in [0, 0.1) is 0 Å². The van der Waals surface area contributed by atoms with Gasteiger partial charge in [-0.1, -0.05) is 58.9 Å². The van der Waals surface area contributed by atoms with Gasteiger partial charge in [-0.05, 0) is 12.0 Å². The maximum atomic E-state index is 2.39. The van der Waals surface area contributed by atoms with E-state index in [1.165, 1.54) is 48.1 Å². The van der Waals surface area contributed by atoms with Crippen molar-refractivity contribution >= 4 is 0 Å². The Hall–Kier alpha value is -0.820. The van der Waals surface area contributed by atoms with Gasteiger partial charge in [-0.3, -0.25) is 0 Å². The molecule has 0 spiro atoms. The Labute approximate surface area is 121 Å². The van der Waals surface area contributed by atoms with Crippen molar-refractivity contribution in [3.8, 4) is 0 Å². The van der Waals surface area contributed by atoms with E-state index in [1.54, 1.807) is 0 Å². The Balaban J connectivity index is 0.000000741. The van der Waals surface area contributed by atoms with Crippen LogP contribution in [-0.4, -0.2) is 24.6 Å². The summed E-state index contributed by atoms with van der Waals surface area (Å²) in [6.45, 7) is 14.1. The zero-order chi connectivity index (χ0) is 14.7. The number of benzene rings is 1. The molecule has 1 heteroatoms. The highest BCUT2D eigenvalue weighted by atomic mass is 15.3. The van der Waals surface area contributed by atoms with E-state index in [-0.39, 0.29) is 0 Å². The normalized spacial score (nSPS) is 15.9. The smallest absolute Gasteiger partial charge is 0.104 e. The lowest BCUT2D eigenvalue weighted by atomic mass is 10.1. The number of likely N-dealkylation sites (tertiary alicyclic amines) is 1. The van der Waals surface area contributed by atoms with E-state index >= 15 is 0 Å². The zero-order valence-corrected chi connectivity index (χ0v) is 14.0. The number of hydrogen-bond acceptors (Lipinski definition) is 0. The summed E-state index contributed by atoms with van der Waals surface area (Å²) in [7, 11) is 2.39. The van der Waals surface area contributed by atoms with Crippen LogP contribution in [0.5, 0.6) is 0 Å². The average molecular weight is 264 g/mol. The molecule has 0 aromatic heterocycles. The van der Waals surface area contributed by atoms with E-state index in [1.807, 2.05) is 27.7 Å². The van der Waals surface area contributed by atoms with E-state index in [0.29, 0.717) is 0 Å². The summed E-state index contributed by atoms with van der Waals surface area (Å²) in [6, 6.07) is 9.16. The summed E-state index contributed by atoms with van der Waals surface area (Å²) in [4.78, 5) is 0. The Bertz CT molecular complexity index is 307. The number of quaternary nitrogens is 1. The molecule has 1 nitrogen and oxygen atoms in total. The molecule has 1 fully saturated rings. The first-order valence-corrected chi connectivity index (χ1v) is 8.13. The predicted octanol–water partition coefficient (Wildman–Crippen LogP) is 5.04. The van der Waals surface area contributed by atoms with Crippen LogP contribution >= 0.6 is 0 Å². The van der Waals surface area contributed by atoms with Gasteiger partial charge in [-0.25, -0.2) is 0 Å². The van der Waals surface area contributed by atoms with Gasteiger partial charge in [-0.2, -0.15) is 0 Å². The fourth-order valence-electron chi connectivity index (χ4n) is 2.58. The van der Waals surface area contributed by atoms with E-state index in [4.69, 9.17) is 0 Å². The SMILES string of the molecule is CC.CC.CCc1ccc(C[N+]2(C)CCCC2)cc1. The summed E-state index contributed by atoms with van der Waals surface area (Å²) in [5.41, 5.74) is 2.94. The highest BCUT2D eigenvalue weighted by Gasteiger charge is 2.26. The molecule has 19 heavy (non-hydrogen) atoms. The van der Waals surface area contributed by atoms with Crippen LogP contribution in [0.1, 0.15) is 58.6 Å². The summed E-state index contributed by atoms with van der Waals surface area (Å²) in [5, 5.41) is 0. The molecule has 0 bridgehead atoms. The van der Waals surface area contributed by atoms with Gasteiger partial charge < -0.3 is 4.48 Å². The Kier molecular flexibility index (Phi) is 9.59. The summed E-state index contributed by atoms with van der Waals surface area (Å²) >= 11 is 0. The van der Waals surface area contributed by atoms with Gasteiger partial charge >= 0.3 is 0 Å². The van der Waals surface area contributed by atoms with Crippen LogP contribution < -0.4 is 0 Å². The first-order chi connectivity index (χ1) is 9.22. The lowest BCUT2D eigenvalue weighted by molar-refractivity contribution is -0.910. The lowest BCUT2D eigenvalue weighted by Gasteiger charge is -2.29. The molecule has 0 unspecified atom stereocenters.